The SMILES string of the molecule is CC1(C)Nc2cccc(CO)c2OC1=O. The minimum Gasteiger partial charge on any atom is -0.422 e. The van der Waals surface area contributed by atoms with Crippen LogP contribution in [0.25, 0.3) is 0 Å². The molecule has 0 fully saturated rings. The molecule has 1 aliphatic heterocycles. The van der Waals surface area contributed by atoms with Crippen LogP contribution in [-0.2, 0) is 11.4 Å². The van der Waals surface area contributed by atoms with E-state index in [0.29, 0.717) is 11.3 Å². The maximum Gasteiger partial charge on any atom is 0.336 e. The maximum atomic E-state index is 11.6. The number of carbonyl (C=O) groups excluding carboxylic acids is 1. The first-order valence-electron chi connectivity index (χ1n) is 4.78. The molecule has 1 aromatic rings. The largest absolute Gasteiger partial charge is 0.422 e. The first-order valence-corrected chi connectivity index (χ1v) is 4.78. The second kappa shape index (κ2) is 3.24. The standard InChI is InChI=1S/C11H13NO3/c1-11(2)10(14)15-9-7(6-13)4-3-5-8(9)12-11/h3-5,12-13H,6H2,1-2H3. The summed E-state index contributed by atoms with van der Waals surface area (Å²) in [5.74, 6) is 0.0974. The predicted molar refractivity (Wildman–Crippen MR) is 55.7 cm³/mol. The number of hydrogen-bond donors (Lipinski definition) is 2. The van der Waals surface area contributed by atoms with E-state index in [-0.39, 0.29) is 12.6 Å². The molecule has 0 bridgehead atoms. The third kappa shape index (κ3) is 1.57. The summed E-state index contributed by atoms with van der Waals surface area (Å²) in [5.41, 5.74) is 0.635. The molecule has 2 rings (SSSR count). The van der Waals surface area contributed by atoms with Crippen molar-refractivity contribution in [3.05, 3.63) is 23.8 Å². The number of rotatable bonds is 1. The number of aliphatic hydroxyl groups is 1. The zero-order valence-electron chi connectivity index (χ0n) is 8.70. The maximum absolute atomic E-state index is 11.6. The minimum atomic E-state index is -0.721. The molecule has 0 aliphatic carbocycles. The van der Waals surface area contributed by atoms with Crippen molar-refractivity contribution in [2.24, 2.45) is 0 Å². The van der Waals surface area contributed by atoms with Crippen molar-refractivity contribution in [1.82, 2.24) is 0 Å². The Balaban J connectivity index is 2.49. The van der Waals surface area contributed by atoms with E-state index in [1.807, 2.05) is 12.1 Å². The summed E-state index contributed by atoms with van der Waals surface area (Å²) >= 11 is 0. The van der Waals surface area contributed by atoms with Gasteiger partial charge in [0.05, 0.1) is 12.3 Å². The summed E-state index contributed by atoms with van der Waals surface area (Å²) in [6.45, 7) is 3.37. The number of ether oxygens (including phenoxy) is 1. The van der Waals surface area contributed by atoms with Crippen LogP contribution in [0.2, 0.25) is 0 Å². The van der Waals surface area contributed by atoms with Crippen LogP contribution in [0.5, 0.6) is 5.75 Å². The van der Waals surface area contributed by atoms with Gasteiger partial charge in [-0.1, -0.05) is 12.1 Å². The van der Waals surface area contributed by atoms with E-state index < -0.39 is 5.54 Å². The normalized spacial score (nSPS) is 17.7. The van der Waals surface area contributed by atoms with Crippen LogP contribution in [-0.4, -0.2) is 16.6 Å². The first-order chi connectivity index (χ1) is 7.04. The molecule has 0 unspecified atom stereocenters. The van der Waals surface area contributed by atoms with E-state index in [1.165, 1.54) is 0 Å². The van der Waals surface area contributed by atoms with Crippen LogP contribution in [0.1, 0.15) is 19.4 Å². The third-order valence-electron chi connectivity index (χ3n) is 2.42. The van der Waals surface area contributed by atoms with Gasteiger partial charge in [-0.25, -0.2) is 4.79 Å². The highest BCUT2D eigenvalue weighted by molar-refractivity contribution is 5.90. The molecule has 0 aromatic heterocycles. The zero-order chi connectivity index (χ0) is 11.1. The Kier molecular flexibility index (Phi) is 2.16. The highest BCUT2D eigenvalue weighted by Crippen LogP contribution is 2.35. The van der Waals surface area contributed by atoms with E-state index >= 15 is 0 Å². The molecule has 1 heterocycles. The third-order valence-corrected chi connectivity index (χ3v) is 2.42. The predicted octanol–water partition coefficient (Wildman–Crippen LogP) is 1.29. The topological polar surface area (TPSA) is 58.6 Å². The Morgan fingerprint density at radius 2 is 2.20 bits per heavy atom. The zero-order valence-corrected chi connectivity index (χ0v) is 8.70. The molecule has 0 atom stereocenters. The van der Waals surface area contributed by atoms with E-state index in [1.54, 1.807) is 19.9 Å². The van der Waals surface area contributed by atoms with Gasteiger partial charge >= 0.3 is 5.97 Å². The van der Waals surface area contributed by atoms with Crippen LogP contribution >= 0.6 is 0 Å². The smallest absolute Gasteiger partial charge is 0.336 e. The molecular weight excluding hydrogens is 194 g/mol. The lowest BCUT2D eigenvalue weighted by molar-refractivity contribution is -0.139. The highest BCUT2D eigenvalue weighted by Gasteiger charge is 2.35. The van der Waals surface area contributed by atoms with Gasteiger partial charge in [0.25, 0.3) is 0 Å². The Labute approximate surface area is 87.9 Å². The molecular formula is C11H13NO3. The van der Waals surface area contributed by atoms with Gasteiger partial charge < -0.3 is 15.2 Å². The number of hydrogen-bond acceptors (Lipinski definition) is 4. The van der Waals surface area contributed by atoms with Gasteiger partial charge in [0.1, 0.15) is 5.54 Å². The lowest BCUT2D eigenvalue weighted by Gasteiger charge is -2.32. The van der Waals surface area contributed by atoms with Crippen molar-refractivity contribution in [1.29, 1.82) is 0 Å². The van der Waals surface area contributed by atoms with E-state index in [2.05, 4.69) is 5.32 Å². The molecule has 15 heavy (non-hydrogen) atoms. The van der Waals surface area contributed by atoms with E-state index in [4.69, 9.17) is 9.84 Å². The molecule has 0 saturated heterocycles. The summed E-state index contributed by atoms with van der Waals surface area (Å²) < 4.78 is 5.21. The van der Waals surface area contributed by atoms with Gasteiger partial charge in [-0.2, -0.15) is 0 Å². The quantitative estimate of drug-likeness (QED) is 0.538. The van der Waals surface area contributed by atoms with Gasteiger partial charge in [-0.05, 0) is 19.9 Å². The second-order valence-corrected chi connectivity index (χ2v) is 4.09. The minimum absolute atomic E-state index is 0.140. The number of nitrogens with one attached hydrogen (secondary N) is 1. The van der Waals surface area contributed by atoms with Gasteiger partial charge in [0.2, 0.25) is 0 Å². The molecule has 0 saturated carbocycles. The van der Waals surface area contributed by atoms with Crippen molar-refractivity contribution in [3.8, 4) is 5.75 Å². The first kappa shape index (κ1) is 9.98. The van der Waals surface area contributed by atoms with Crippen molar-refractivity contribution < 1.29 is 14.6 Å². The average molecular weight is 207 g/mol. The lowest BCUT2D eigenvalue weighted by atomic mass is 10.0. The summed E-state index contributed by atoms with van der Waals surface area (Å²) in [5, 5.41) is 12.2. The summed E-state index contributed by atoms with van der Waals surface area (Å²) in [7, 11) is 0. The molecule has 0 spiro atoms. The van der Waals surface area contributed by atoms with Gasteiger partial charge in [0.15, 0.2) is 5.75 Å². The van der Waals surface area contributed by atoms with Gasteiger partial charge in [-0.3, -0.25) is 0 Å². The molecule has 0 radical (unpaired) electrons. The fourth-order valence-electron chi connectivity index (χ4n) is 1.54. The van der Waals surface area contributed by atoms with Crippen molar-refractivity contribution >= 4 is 11.7 Å². The summed E-state index contributed by atoms with van der Waals surface area (Å²) in [6, 6.07) is 5.36. The van der Waals surface area contributed by atoms with E-state index in [9.17, 15) is 4.79 Å². The number of benzene rings is 1. The highest BCUT2D eigenvalue weighted by atomic mass is 16.5. The number of fused-ring (bicyclic) bond motifs is 1. The summed E-state index contributed by atoms with van der Waals surface area (Å²) in [4.78, 5) is 11.6. The average Bonchev–Trinajstić information content (AvgIpc) is 2.18. The summed E-state index contributed by atoms with van der Waals surface area (Å²) in [6.07, 6.45) is 0. The second-order valence-electron chi connectivity index (χ2n) is 4.09. The monoisotopic (exact) mass is 207 g/mol. The Morgan fingerprint density at radius 1 is 1.47 bits per heavy atom. The fourth-order valence-corrected chi connectivity index (χ4v) is 1.54. The Bertz CT molecular complexity index is 412. The lowest BCUT2D eigenvalue weighted by Crippen LogP contribution is -2.46. The Hall–Kier alpha value is -1.55. The van der Waals surface area contributed by atoms with E-state index in [0.717, 1.165) is 5.69 Å². The molecule has 1 aliphatic rings. The van der Waals surface area contributed by atoms with Crippen molar-refractivity contribution in [3.63, 3.8) is 0 Å². The van der Waals surface area contributed by atoms with Crippen molar-refractivity contribution in [2.45, 2.75) is 26.0 Å². The number of carbonyl (C=O) groups is 1. The molecule has 1 aromatic carbocycles. The van der Waals surface area contributed by atoms with Crippen LogP contribution in [0.4, 0.5) is 5.69 Å². The molecule has 4 heteroatoms. The molecule has 4 nitrogen and oxygen atoms in total. The van der Waals surface area contributed by atoms with Crippen LogP contribution in [0.3, 0.4) is 0 Å². The van der Waals surface area contributed by atoms with Gasteiger partial charge in [-0.15, -0.1) is 0 Å². The van der Waals surface area contributed by atoms with Crippen molar-refractivity contribution in [2.75, 3.05) is 5.32 Å². The molecule has 0 amide bonds. The number of esters is 1. The number of anilines is 1. The number of para-hydroxylation sites is 1. The molecule has 2 N–H and O–H groups in total. The number of aliphatic hydroxyl groups excluding tert-OH is 1. The Morgan fingerprint density at radius 3 is 2.87 bits per heavy atom. The van der Waals surface area contributed by atoms with Crippen LogP contribution < -0.4 is 10.1 Å². The van der Waals surface area contributed by atoms with Gasteiger partial charge in [0, 0.05) is 5.56 Å². The molecule has 80 valence electrons. The van der Waals surface area contributed by atoms with Crippen LogP contribution in [0, 0.1) is 0 Å². The fraction of sp³-hybridized carbons (Fsp3) is 0.364. The van der Waals surface area contributed by atoms with Crippen LogP contribution in [0.15, 0.2) is 18.2 Å².